The summed E-state index contributed by atoms with van der Waals surface area (Å²) in [7, 11) is 3.87. The first-order chi connectivity index (χ1) is 6.53. The molecule has 4 nitrogen and oxygen atoms in total. The molecule has 0 saturated carbocycles. The molecule has 0 amide bonds. The summed E-state index contributed by atoms with van der Waals surface area (Å²) >= 11 is 3.42. The Morgan fingerprint density at radius 2 is 2.29 bits per heavy atom. The maximum Gasteiger partial charge on any atom is 0.121 e. The van der Waals surface area contributed by atoms with Gasteiger partial charge in [-0.2, -0.15) is 5.10 Å². The highest BCUT2D eigenvalue weighted by atomic mass is 79.9. The molecule has 1 aromatic rings. The molecular weight excluding hydrogens is 246 g/mol. The molecule has 1 saturated heterocycles. The van der Waals surface area contributed by atoms with E-state index in [1.807, 2.05) is 14.1 Å². The summed E-state index contributed by atoms with van der Waals surface area (Å²) in [5.41, 5.74) is 0.126. The van der Waals surface area contributed by atoms with Crippen molar-refractivity contribution in [2.45, 2.75) is 12.0 Å². The van der Waals surface area contributed by atoms with Crippen LogP contribution in [0.1, 0.15) is 12.1 Å². The van der Waals surface area contributed by atoms with Crippen LogP contribution < -0.4 is 0 Å². The van der Waals surface area contributed by atoms with Gasteiger partial charge in [0.1, 0.15) is 5.60 Å². The van der Waals surface area contributed by atoms with Gasteiger partial charge < -0.3 is 10.0 Å². The maximum absolute atomic E-state index is 10.5. The normalized spacial score (nSPS) is 28.6. The summed E-state index contributed by atoms with van der Waals surface area (Å²) in [5, 5.41) is 14.6. The average molecular weight is 260 g/mol. The summed E-state index contributed by atoms with van der Waals surface area (Å²) < 4.78 is 2.63. The van der Waals surface area contributed by atoms with Crippen molar-refractivity contribution in [1.82, 2.24) is 14.7 Å². The smallest absolute Gasteiger partial charge is 0.121 e. The van der Waals surface area contributed by atoms with Gasteiger partial charge in [0.05, 0.1) is 16.4 Å². The highest BCUT2D eigenvalue weighted by molar-refractivity contribution is 9.10. The van der Waals surface area contributed by atoms with Crippen molar-refractivity contribution in [3.63, 3.8) is 0 Å². The van der Waals surface area contributed by atoms with Gasteiger partial charge in [0.2, 0.25) is 0 Å². The topological polar surface area (TPSA) is 41.3 Å². The predicted octanol–water partition coefficient (Wildman–Crippen LogP) is 0.706. The van der Waals surface area contributed by atoms with Gasteiger partial charge >= 0.3 is 0 Å². The minimum absolute atomic E-state index is 0.672. The molecule has 1 unspecified atom stereocenters. The van der Waals surface area contributed by atoms with E-state index in [9.17, 15) is 5.11 Å². The summed E-state index contributed by atoms with van der Waals surface area (Å²) in [6, 6.07) is 0. The Bertz CT molecular complexity index is 332. The number of hydrogen-bond acceptors (Lipinski definition) is 3. The third-order valence-electron chi connectivity index (χ3n) is 2.77. The van der Waals surface area contributed by atoms with Crippen LogP contribution in [0, 0.1) is 0 Å². The van der Waals surface area contributed by atoms with Crippen LogP contribution >= 0.6 is 15.9 Å². The zero-order valence-corrected chi connectivity index (χ0v) is 9.95. The van der Waals surface area contributed by atoms with Crippen molar-refractivity contribution in [2.75, 3.05) is 20.1 Å². The molecular formula is C9H14BrN3O. The minimum atomic E-state index is -0.751. The lowest BCUT2D eigenvalue weighted by atomic mass is 9.99. The van der Waals surface area contributed by atoms with Gasteiger partial charge in [0, 0.05) is 20.1 Å². The Morgan fingerprint density at radius 1 is 1.57 bits per heavy atom. The zero-order valence-electron chi connectivity index (χ0n) is 8.37. The van der Waals surface area contributed by atoms with Gasteiger partial charge in [-0.1, -0.05) is 0 Å². The summed E-state index contributed by atoms with van der Waals surface area (Å²) in [6.45, 7) is 1.60. The summed E-state index contributed by atoms with van der Waals surface area (Å²) in [4.78, 5) is 2.12. The summed E-state index contributed by atoms with van der Waals surface area (Å²) in [5.74, 6) is 0. The van der Waals surface area contributed by atoms with E-state index in [4.69, 9.17) is 0 Å². The van der Waals surface area contributed by atoms with E-state index in [-0.39, 0.29) is 0 Å². The Kier molecular flexibility index (Phi) is 2.41. The van der Waals surface area contributed by atoms with E-state index in [1.165, 1.54) is 0 Å². The Hall–Kier alpha value is -0.390. The van der Waals surface area contributed by atoms with Crippen LogP contribution in [-0.2, 0) is 12.6 Å². The van der Waals surface area contributed by atoms with Gasteiger partial charge in [0.15, 0.2) is 0 Å². The van der Waals surface area contributed by atoms with Crippen LogP contribution in [0.25, 0.3) is 0 Å². The molecule has 0 spiro atoms. The number of halogens is 1. The van der Waals surface area contributed by atoms with E-state index in [2.05, 4.69) is 25.9 Å². The fraction of sp³-hybridized carbons (Fsp3) is 0.667. The van der Waals surface area contributed by atoms with Gasteiger partial charge in [-0.15, -0.1) is 0 Å². The first-order valence-corrected chi connectivity index (χ1v) is 5.41. The standard InChI is InChI=1S/C9H14BrN3O/c1-12-4-3-9(14,6-12)8-7(10)5-11-13(8)2/h5,14H,3-4,6H2,1-2H3. The fourth-order valence-corrected chi connectivity index (χ4v) is 2.83. The Morgan fingerprint density at radius 3 is 2.71 bits per heavy atom. The molecule has 2 rings (SSSR count). The zero-order chi connectivity index (χ0) is 10.3. The molecule has 78 valence electrons. The van der Waals surface area contributed by atoms with E-state index in [0.29, 0.717) is 6.54 Å². The lowest BCUT2D eigenvalue weighted by Crippen LogP contribution is -2.31. The van der Waals surface area contributed by atoms with Crippen molar-refractivity contribution in [3.8, 4) is 0 Å². The third kappa shape index (κ3) is 1.49. The molecule has 1 aliphatic heterocycles. The van der Waals surface area contributed by atoms with Crippen LogP contribution in [0.4, 0.5) is 0 Å². The van der Waals surface area contributed by atoms with Crippen LogP contribution in [0.3, 0.4) is 0 Å². The molecule has 0 aliphatic carbocycles. The third-order valence-corrected chi connectivity index (χ3v) is 3.35. The second kappa shape index (κ2) is 3.32. The van der Waals surface area contributed by atoms with Crippen molar-refractivity contribution >= 4 is 15.9 Å². The number of likely N-dealkylation sites (tertiary alicyclic amines) is 1. The van der Waals surface area contributed by atoms with Crippen LogP contribution in [0.15, 0.2) is 10.7 Å². The van der Waals surface area contributed by atoms with E-state index in [1.54, 1.807) is 10.9 Å². The molecule has 1 atom stereocenters. The van der Waals surface area contributed by atoms with Gasteiger partial charge in [-0.05, 0) is 29.4 Å². The molecule has 0 bridgehead atoms. The Labute approximate surface area is 91.6 Å². The quantitative estimate of drug-likeness (QED) is 0.808. The first kappa shape index (κ1) is 10.1. The van der Waals surface area contributed by atoms with Crippen LogP contribution in [0.5, 0.6) is 0 Å². The molecule has 1 aliphatic rings. The number of rotatable bonds is 1. The number of aliphatic hydroxyl groups is 1. The molecule has 1 N–H and O–H groups in total. The molecule has 0 aromatic carbocycles. The predicted molar refractivity (Wildman–Crippen MR) is 56.9 cm³/mol. The molecule has 1 aromatic heterocycles. The van der Waals surface area contributed by atoms with Gasteiger partial charge in [-0.3, -0.25) is 4.68 Å². The van der Waals surface area contributed by atoms with Crippen molar-refractivity contribution in [3.05, 3.63) is 16.4 Å². The molecule has 2 heterocycles. The number of nitrogens with zero attached hydrogens (tertiary/aromatic N) is 3. The lowest BCUT2D eigenvalue weighted by Gasteiger charge is -2.23. The van der Waals surface area contributed by atoms with Crippen LogP contribution in [0.2, 0.25) is 0 Å². The summed E-state index contributed by atoms with van der Waals surface area (Å²) in [6.07, 6.45) is 2.49. The fourth-order valence-electron chi connectivity index (χ4n) is 2.11. The van der Waals surface area contributed by atoms with Crippen molar-refractivity contribution < 1.29 is 5.11 Å². The van der Waals surface area contributed by atoms with Crippen molar-refractivity contribution in [2.24, 2.45) is 7.05 Å². The Balaban J connectivity index is 2.39. The minimum Gasteiger partial charge on any atom is -0.382 e. The van der Waals surface area contributed by atoms with Crippen molar-refractivity contribution in [1.29, 1.82) is 0 Å². The first-order valence-electron chi connectivity index (χ1n) is 4.62. The van der Waals surface area contributed by atoms with E-state index >= 15 is 0 Å². The number of aryl methyl sites for hydroxylation is 1. The molecule has 0 radical (unpaired) electrons. The van der Waals surface area contributed by atoms with Crippen LogP contribution in [-0.4, -0.2) is 39.9 Å². The van der Waals surface area contributed by atoms with E-state index < -0.39 is 5.60 Å². The molecule has 5 heteroatoms. The number of aromatic nitrogens is 2. The average Bonchev–Trinajstić information content (AvgIpc) is 2.58. The highest BCUT2D eigenvalue weighted by Gasteiger charge is 2.39. The number of hydrogen-bond donors (Lipinski definition) is 1. The number of β-amino-alcohol motifs (C(OH)–C–C–N with tert-alkyl or cyclic N) is 1. The maximum atomic E-state index is 10.5. The SMILES string of the molecule is CN1CCC(O)(c2c(Br)cnn2C)C1. The highest BCUT2D eigenvalue weighted by Crippen LogP contribution is 2.34. The van der Waals surface area contributed by atoms with Gasteiger partial charge in [0.25, 0.3) is 0 Å². The largest absolute Gasteiger partial charge is 0.382 e. The second-order valence-corrected chi connectivity index (χ2v) is 4.84. The molecule has 14 heavy (non-hydrogen) atoms. The second-order valence-electron chi connectivity index (χ2n) is 3.98. The molecule has 1 fully saturated rings. The monoisotopic (exact) mass is 259 g/mol. The lowest BCUT2D eigenvalue weighted by molar-refractivity contribution is 0.0398. The van der Waals surface area contributed by atoms with Gasteiger partial charge in [-0.25, -0.2) is 0 Å². The van der Waals surface area contributed by atoms with E-state index in [0.717, 1.165) is 23.1 Å². The number of likely N-dealkylation sites (N-methyl/N-ethyl adjacent to an activating group) is 1.